The number of nitrogens with zero attached hydrogens (tertiary/aromatic N) is 2. The van der Waals surface area contributed by atoms with Gasteiger partial charge in [-0.2, -0.15) is 11.8 Å². The van der Waals surface area contributed by atoms with Gasteiger partial charge in [0.25, 0.3) is 0 Å². The maximum Gasteiger partial charge on any atom is 0.234 e. The van der Waals surface area contributed by atoms with Gasteiger partial charge in [-0.3, -0.25) is 4.79 Å². The largest absolute Gasteiger partial charge is 0.408 e. The van der Waals surface area contributed by atoms with E-state index in [9.17, 15) is 10.0 Å². The number of para-hydroxylation sites is 2. The molecule has 0 atom stereocenters. The number of carbonyl (C=O) groups excluding carboxylic acids is 1. The van der Waals surface area contributed by atoms with E-state index in [1.54, 1.807) is 11.8 Å². The monoisotopic (exact) mass is 387 g/mol. The highest BCUT2D eigenvalue weighted by molar-refractivity contribution is 7.99. The van der Waals surface area contributed by atoms with Crippen LogP contribution < -0.4 is 10.1 Å². The van der Waals surface area contributed by atoms with Crippen molar-refractivity contribution in [2.24, 2.45) is 5.16 Å². The molecule has 0 aliphatic rings. The predicted octanol–water partition coefficient (Wildman–Crippen LogP) is 3.98. The molecule has 0 aliphatic heterocycles. The van der Waals surface area contributed by atoms with Gasteiger partial charge < -0.3 is 15.1 Å². The highest BCUT2D eigenvalue weighted by atomic mass is 32.2. The van der Waals surface area contributed by atoms with Gasteiger partial charge in [0.05, 0.1) is 16.0 Å². The summed E-state index contributed by atoms with van der Waals surface area (Å²) < 4.78 is 3.06. The van der Waals surface area contributed by atoms with Gasteiger partial charge in [0.1, 0.15) is 0 Å². The molecule has 1 amide bonds. The summed E-state index contributed by atoms with van der Waals surface area (Å²) in [5.74, 6) is 1.15. The molecule has 3 aromatic rings. The minimum Gasteiger partial charge on any atom is -0.408 e. The fourth-order valence-electron chi connectivity index (χ4n) is 2.82. The summed E-state index contributed by atoms with van der Waals surface area (Å²) in [5.41, 5.74) is 4.08. The third-order valence-corrected chi connectivity index (χ3v) is 6.10. The number of nitrogens with one attached hydrogen (secondary N) is 1. The summed E-state index contributed by atoms with van der Waals surface area (Å²) in [6.07, 6.45) is 0. The first-order valence-electron chi connectivity index (χ1n) is 8.30. The smallest absolute Gasteiger partial charge is 0.234 e. The first kappa shape index (κ1) is 18.5. The zero-order valence-corrected chi connectivity index (χ0v) is 16.4. The van der Waals surface area contributed by atoms with E-state index >= 15 is 0 Å². The Morgan fingerprint density at radius 1 is 1.19 bits per heavy atom. The molecule has 3 rings (SSSR count). The average Bonchev–Trinajstić information content (AvgIpc) is 3.00. The summed E-state index contributed by atoms with van der Waals surface area (Å²) in [4.78, 5) is 12.8. The fourth-order valence-corrected chi connectivity index (χ4v) is 4.50. The number of rotatable bonds is 6. The lowest BCUT2D eigenvalue weighted by Crippen LogP contribution is -2.18. The fraction of sp³-hybridized carbons (Fsp3) is 0.263. The summed E-state index contributed by atoms with van der Waals surface area (Å²) in [5, 5.41) is 15.6. The van der Waals surface area contributed by atoms with E-state index in [1.165, 1.54) is 11.3 Å². The standard InChI is InChI=1S/C19H21N3O2S2/c1-13-6-5-7-14(2)18(13)20-17(23)12-25-11-10-22-15-8-3-4-9-16(15)26-19(22)21-24/h3-9,24H,10-12H2,1-2H3,(H,20,23). The molecular weight excluding hydrogens is 366 g/mol. The van der Waals surface area contributed by atoms with Crippen LogP contribution in [0, 0.1) is 13.8 Å². The molecule has 0 fully saturated rings. The van der Waals surface area contributed by atoms with Gasteiger partial charge in [0, 0.05) is 18.0 Å². The highest BCUT2D eigenvalue weighted by Crippen LogP contribution is 2.20. The number of anilines is 1. The molecule has 0 bridgehead atoms. The Hall–Kier alpha value is -2.25. The van der Waals surface area contributed by atoms with E-state index in [4.69, 9.17) is 0 Å². The van der Waals surface area contributed by atoms with Crippen molar-refractivity contribution in [3.63, 3.8) is 0 Å². The molecule has 5 nitrogen and oxygen atoms in total. The quantitative estimate of drug-likeness (QED) is 0.382. The zero-order valence-electron chi connectivity index (χ0n) is 14.7. The number of amides is 1. The Labute approximate surface area is 160 Å². The highest BCUT2D eigenvalue weighted by Gasteiger charge is 2.09. The lowest BCUT2D eigenvalue weighted by Gasteiger charge is -2.11. The molecule has 1 heterocycles. The van der Waals surface area contributed by atoms with Crippen molar-refractivity contribution in [2.45, 2.75) is 20.4 Å². The molecule has 26 heavy (non-hydrogen) atoms. The van der Waals surface area contributed by atoms with Crippen LogP contribution in [0.5, 0.6) is 0 Å². The molecule has 1 aromatic heterocycles. The average molecular weight is 388 g/mol. The molecule has 0 saturated carbocycles. The van der Waals surface area contributed by atoms with E-state index < -0.39 is 0 Å². The van der Waals surface area contributed by atoms with Gasteiger partial charge in [0.15, 0.2) is 0 Å². The lowest BCUT2D eigenvalue weighted by molar-refractivity contribution is -0.113. The lowest BCUT2D eigenvalue weighted by atomic mass is 10.1. The van der Waals surface area contributed by atoms with E-state index in [0.29, 0.717) is 17.1 Å². The van der Waals surface area contributed by atoms with Crippen molar-refractivity contribution in [2.75, 3.05) is 16.8 Å². The molecule has 0 unspecified atom stereocenters. The van der Waals surface area contributed by atoms with E-state index in [2.05, 4.69) is 10.5 Å². The van der Waals surface area contributed by atoms with Gasteiger partial charge in [0.2, 0.25) is 10.7 Å². The molecule has 7 heteroatoms. The number of thioether (sulfide) groups is 1. The van der Waals surface area contributed by atoms with Crippen LogP contribution in [0.2, 0.25) is 0 Å². The van der Waals surface area contributed by atoms with Gasteiger partial charge in [-0.25, -0.2) is 0 Å². The van der Waals surface area contributed by atoms with Gasteiger partial charge in [-0.1, -0.05) is 46.8 Å². The third kappa shape index (κ3) is 4.11. The molecule has 136 valence electrons. The summed E-state index contributed by atoms with van der Waals surface area (Å²) >= 11 is 3.02. The van der Waals surface area contributed by atoms with Crippen LogP contribution in [0.1, 0.15) is 11.1 Å². The number of benzene rings is 2. The zero-order chi connectivity index (χ0) is 18.5. The second-order valence-electron chi connectivity index (χ2n) is 5.97. The summed E-state index contributed by atoms with van der Waals surface area (Å²) in [6, 6.07) is 13.9. The molecule has 0 radical (unpaired) electrons. The second kappa shape index (κ2) is 8.42. The molecule has 0 saturated heterocycles. The van der Waals surface area contributed by atoms with E-state index in [1.807, 2.05) is 60.9 Å². The predicted molar refractivity (Wildman–Crippen MR) is 109 cm³/mol. The molecule has 2 aromatic carbocycles. The summed E-state index contributed by atoms with van der Waals surface area (Å²) in [6.45, 7) is 4.67. The molecular formula is C19H21N3O2S2. The number of aromatic nitrogens is 1. The maximum atomic E-state index is 12.2. The number of hydrogen-bond acceptors (Lipinski definition) is 5. The van der Waals surface area contributed by atoms with Crippen molar-refractivity contribution < 1.29 is 10.0 Å². The van der Waals surface area contributed by atoms with Crippen molar-refractivity contribution in [1.29, 1.82) is 0 Å². The second-order valence-corrected chi connectivity index (χ2v) is 8.09. The van der Waals surface area contributed by atoms with E-state index in [0.717, 1.165) is 32.8 Å². The number of aryl methyl sites for hydroxylation is 3. The van der Waals surface area contributed by atoms with Crippen LogP contribution in [-0.4, -0.2) is 27.2 Å². The van der Waals surface area contributed by atoms with Crippen LogP contribution in [0.25, 0.3) is 10.2 Å². The minimum atomic E-state index is -0.000328. The van der Waals surface area contributed by atoms with Gasteiger partial charge in [-0.05, 0) is 37.1 Å². The van der Waals surface area contributed by atoms with Crippen molar-refractivity contribution in [3.05, 3.63) is 58.4 Å². The van der Waals surface area contributed by atoms with Crippen LogP contribution in [0.15, 0.2) is 47.6 Å². The number of hydrogen-bond donors (Lipinski definition) is 2. The van der Waals surface area contributed by atoms with Crippen LogP contribution in [0.3, 0.4) is 0 Å². The number of carbonyl (C=O) groups is 1. The van der Waals surface area contributed by atoms with E-state index in [-0.39, 0.29) is 5.91 Å². The molecule has 0 spiro atoms. The van der Waals surface area contributed by atoms with Crippen molar-refractivity contribution in [3.8, 4) is 0 Å². The first-order chi connectivity index (χ1) is 12.6. The Kier molecular flexibility index (Phi) is 6.00. The third-order valence-electron chi connectivity index (χ3n) is 4.11. The molecule has 0 aliphatic carbocycles. The molecule has 2 N–H and O–H groups in total. The number of fused-ring (bicyclic) bond motifs is 1. The Morgan fingerprint density at radius 2 is 1.92 bits per heavy atom. The van der Waals surface area contributed by atoms with Gasteiger partial charge >= 0.3 is 0 Å². The maximum absolute atomic E-state index is 12.2. The summed E-state index contributed by atoms with van der Waals surface area (Å²) in [7, 11) is 0. The topological polar surface area (TPSA) is 66.6 Å². The van der Waals surface area contributed by atoms with Crippen LogP contribution in [-0.2, 0) is 11.3 Å². The van der Waals surface area contributed by atoms with Crippen LogP contribution >= 0.6 is 23.1 Å². The SMILES string of the molecule is Cc1cccc(C)c1NC(=O)CSCCn1c(=NO)sc2ccccc21. The van der Waals surface area contributed by atoms with Crippen molar-refractivity contribution in [1.82, 2.24) is 4.57 Å². The van der Waals surface area contributed by atoms with Gasteiger partial charge in [-0.15, -0.1) is 0 Å². The van der Waals surface area contributed by atoms with Crippen LogP contribution in [0.4, 0.5) is 5.69 Å². The first-order valence-corrected chi connectivity index (χ1v) is 10.3. The normalized spacial score (nSPS) is 11.8. The number of thiazole rings is 1. The Morgan fingerprint density at radius 3 is 2.65 bits per heavy atom. The Balaban J connectivity index is 1.57. The minimum absolute atomic E-state index is 0.000328. The van der Waals surface area contributed by atoms with Crippen molar-refractivity contribution >= 4 is 44.9 Å². The Bertz CT molecular complexity index is 972.